The molecule has 68 valence electrons. The summed E-state index contributed by atoms with van der Waals surface area (Å²) in [6, 6.07) is 0. The van der Waals surface area contributed by atoms with Gasteiger partial charge in [0.1, 0.15) is 5.01 Å². The number of aromatic nitrogens is 2. The predicted molar refractivity (Wildman–Crippen MR) is 46.4 cm³/mol. The van der Waals surface area contributed by atoms with Crippen LogP contribution in [0.1, 0.15) is 14.8 Å². The summed E-state index contributed by atoms with van der Waals surface area (Å²) in [5.41, 5.74) is 5.26. The molecule has 2 N–H and O–H groups in total. The fourth-order valence-electron chi connectivity index (χ4n) is 0.506. The van der Waals surface area contributed by atoms with Gasteiger partial charge in [0.25, 0.3) is 0 Å². The van der Waals surface area contributed by atoms with Crippen LogP contribution in [-0.4, -0.2) is 23.3 Å². The van der Waals surface area contributed by atoms with Crippen LogP contribution in [0.15, 0.2) is 0 Å². The third-order valence-corrected chi connectivity index (χ3v) is 1.93. The van der Waals surface area contributed by atoms with Crippen molar-refractivity contribution in [1.82, 2.24) is 10.2 Å². The first-order chi connectivity index (χ1) is 5.27. The topological polar surface area (TPSA) is 78.1 Å². The van der Waals surface area contributed by atoms with E-state index in [-0.39, 0.29) is 17.4 Å². The van der Waals surface area contributed by atoms with Gasteiger partial charge in [-0.2, -0.15) is 0 Å². The van der Waals surface area contributed by atoms with Gasteiger partial charge in [-0.05, 0) is 0 Å². The number of halogens is 1. The molecular formula is C5H8ClN3O2S. The van der Waals surface area contributed by atoms with Crippen LogP contribution in [0.4, 0.5) is 0 Å². The number of hydrogen-bond acceptors (Lipinski definition) is 6. The lowest BCUT2D eigenvalue weighted by atomic mass is 10.7. The molecule has 0 atom stereocenters. The van der Waals surface area contributed by atoms with Crippen molar-refractivity contribution in [3.05, 3.63) is 10.0 Å². The van der Waals surface area contributed by atoms with Crippen LogP contribution in [0.2, 0.25) is 0 Å². The lowest BCUT2D eigenvalue weighted by molar-refractivity contribution is 0.0599. The van der Waals surface area contributed by atoms with Crippen LogP contribution < -0.4 is 5.73 Å². The average molecular weight is 210 g/mol. The highest BCUT2D eigenvalue weighted by Crippen LogP contribution is 2.08. The number of rotatable bonds is 2. The molecule has 1 aromatic rings. The monoisotopic (exact) mass is 209 g/mol. The maximum Gasteiger partial charge on any atom is 0.369 e. The third-order valence-electron chi connectivity index (χ3n) is 1.00. The molecule has 0 bridgehead atoms. The highest BCUT2D eigenvalue weighted by molar-refractivity contribution is 7.13. The van der Waals surface area contributed by atoms with Gasteiger partial charge < -0.3 is 10.5 Å². The normalized spacial score (nSPS) is 8.83. The number of ether oxygens (including phenoxy) is 1. The van der Waals surface area contributed by atoms with E-state index in [4.69, 9.17) is 5.73 Å². The molecule has 0 fully saturated rings. The Labute approximate surface area is 79.3 Å². The second kappa shape index (κ2) is 5.02. The van der Waals surface area contributed by atoms with Gasteiger partial charge in [0, 0.05) is 6.54 Å². The molecule has 0 aliphatic carbocycles. The zero-order chi connectivity index (χ0) is 8.27. The molecule has 7 heteroatoms. The largest absolute Gasteiger partial charge is 0.464 e. The summed E-state index contributed by atoms with van der Waals surface area (Å²) in [4.78, 5) is 10.8. The van der Waals surface area contributed by atoms with Gasteiger partial charge in [-0.3, -0.25) is 0 Å². The van der Waals surface area contributed by atoms with E-state index in [1.54, 1.807) is 0 Å². The molecule has 0 radical (unpaired) electrons. The smallest absolute Gasteiger partial charge is 0.369 e. The fraction of sp³-hybridized carbons (Fsp3) is 0.400. The third kappa shape index (κ3) is 2.40. The van der Waals surface area contributed by atoms with E-state index in [2.05, 4.69) is 14.9 Å². The van der Waals surface area contributed by atoms with E-state index >= 15 is 0 Å². The van der Waals surface area contributed by atoms with Crippen molar-refractivity contribution in [3.63, 3.8) is 0 Å². The van der Waals surface area contributed by atoms with Gasteiger partial charge in [-0.15, -0.1) is 22.6 Å². The van der Waals surface area contributed by atoms with Crippen molar-refractivity contribution < 1.29 is 9.53 Å². The molecule has 0 aromatic carbocycles. The summed E-state index contributed by atoms with van der Waals surface area (Å²) >= 11 is 1.14. The van der Waals surface area contributed by atoms with E-state index in [1.165, 1.54) is 7.11 Å². The minimum absolute atomic E-state index is 0. The van der Waals surface area contributed by atoms with E-state index in [1.807, 2.05) is 0 Å². The SMILES string of the molecule is COC(=O)c1nnc(CN)s1.Cl. The molecule has 0 unspecified atom stereocenters. The minimum atomic E-state index is -0.470. The maximum absolute atomic E-state index is 10.8. The summed E-state index contributed by atoms with van der Waals surface area (Å²) in [5.74, 6) is -0.470. The molecular weight excluding hydrogens is 202 g/mol. The van der Waals surface area contributed by atoms with Crippen LogP contribution in [0, 0.1) is 0 Å². The number of esters is 1. The summed E-state index contributed by atoms with van der Waals surface area (Å²) in [7, 11) is 1.30. The molecule has 1 aromatic heterocycles. The second-order valence-electron chi connectivity index (χ2n) is 1.70. The average Bonchev–Trinajstić information content (AvgIpc) is 2.50. The van der Waals surface area contributed by atoms with Gasteiger partial charge in [-0.25, -0.2) is 4.79 Å². The number of carbonyl (C=O) groups excluding carboxylic acids is 1. The summed E-state index contributed by atoms with van der Waals surface area (Å²) in [6.45, 7) is 0.300. The highest BCUT2D eigenvalue weighted by atomic mass is 35.5. The molecule has 12 heavy (non-hydrogen) atoms. The Hall–Kier alpha value is -0.720. The van der Waals surface area contributed by atoms with Gasteiger partial charge in [0.2, 0.25) is 5.01 Å². The van der Waals surface area contributed by atoms with Crippen LogP contribution in [-0.2, 0) is 11.3 Å². The fourth-order valence-corrected chi connectivity index (χ4v) is 1.14. The zero-order valence-electron chi connectivity index (χ0n) is 6.31. The second-order valence-corrected chi connectivity index (χ2v) is 2.76. The molecule has 0 aliphatic heterocycles. The summed E-state index contributed by atoms with van der Waals surface area (Å²) in [5, 5.41) is 8.09. The lowest BCUT2D eigenvalue weighted by Gasteiger charge is -1.88. The number of nitrogens with two attached hydrogens (primary N) is 1. The Balaban J connectivity index is 0.00000121. The molecule has 0 saturated carbocycles. The van der Waals surface area contributed by atoms with Gasteiger partial charge >= 0.3 is 5.97 Å². The van der Waals surface area contributed by atoms with E-state index < -0.39 is 5.97 Å². The van der Waals surface area contributed by atoms with Crippen molar-refractivity contribution in [2.24, 2.45) is 5.73 Å². The minimum Gasteiger partial charge on any atom is -0.464 e. The quantitative estimate of drug-likeness (QED) is 0.705. The maximum atomic E-state index is 10.8. The standard InChI is InChI=1S/C5H7N3O2S.ClH/c1-10-5(9)4-8-7-3(2-6)11-4;/h2,6H2,1H3;1H. The van der Waals surface area contributed by atoms with E-state index in [0.29, 0.717) is 11.6 Å². The van der Waals surface area contributed by atoms with Gasteiger partial charge in [0.15, 0.2) is 0 Å². The van der Waals surface area contributed by atoms with E-state index in [0.717, 1.165) is 11.3 Å². The Morgan fingerprint density at radius 3 is 2.75 bits per heavy atom. The van der Waals surface area contributed by atoms with Gasteiger partial charge in [-0.1, -0.05) is 11.3 Å². The Morgan fingerprint density at radius 1 is 1.67 bits per heavy atom. The molecule has 0 saturated heterocycles. The number of carbonyl (C=O) groups is 1. The molecule has 5 nitrogen and oxygen atoms in total. The van der Waals surface area contributed by atoms with Crippen molar-refractivity contribution >= 4 is 29.7 Å². The van der Waals surface area contributed by atoms with Crippen molar-refractivity contribution in [1.29, 1.82) is 0 Å². The van der Waals surface area contributed by atoms with Crippen LogP contribution in [0.25, 0.3) is 0 Å². The number of hydrogen-bond donors (Lipinski definition) is 1. The Morgan fingerprint density at radius 2 is 2.33 bits per heavy atom. The van der Waals surface area contributed by atoms with Crippen LogP contribution in [0.3, 0.4) is 0 Å². The number of nitrogens with zero attached hydrogens (tertiary/aromatic N) is 2. The first-order valence-corrected chi connectivity index (χ1v) is 3.70. The lowest BCUT2D eigenvalue weighted by Crippen LogP contribution is -1.99. The molecule has 0 spiro atoms. The van der Waals surface area contributed by atoms with Crippen molar-refractivity contribution in [2.75, 3.05) is 7.11 Å². The first kappa shape index (κ1) is 11.3. The number of methoxy groups -OCH3 is 1. The van der Waals surface area contributed by atoms with Gasteiger partial charge in [0.05, 0.1) is 7.11 Å². The Kier molecular flexibility index (Phi) is 4.72. The summed E-state index contributed by atoms with van der Waals surface area (Å²) in [6.07, 6.45) is 0. The predicted octanol–water partition coefficient (Wildman–Crippen LogP) is 0.205. The Bertz CT molecular complexity index is 265. The molecule has 1 rings (SSSR count). The zero-order valence-corrected chi connectivity index (χ0v) is 7.94. The molecule has 1 heterocycles. The highest BCUT2D eigenvalue weighted by Gasteiger charge is 2.11. The van der Waals surface area contributed by atoms with Crippen LogP contribution in [0.5, 0.6) is 0 Å². The summed E-state index contributed by atoms with van der Waals surface area (Å²) < 4.78 is 4.42. The first-order valence-electron chi connectivity index (χ1n) is 2.88. The van der Waals surface area contributed by atoms with Crippen molar-refractivity contribution in [3.8, 4) is 0 Å². The van der Waals surface area contributed by atoms with E-state index in [9.17, 15) is 4.79 Å². The van der Waals surface area contributed by atoms with Crippen LogP contribution >= 0.6 is 23.7 Å². The van der Waals surface area contributed by atoms with Crippen molar-refractivity contribution in [2.45, 2.75) is 6.54 Å². The molecule has 0 amide bonds. The molecule has 0 aliphatic rings.